The molecule has 0 heterocycles. The lowest BCUT2D eigenvalue weighted by Crippen LogP contribution is -2.20. The van der Waals surface area contributed by atoms with E-state index >= 15 is 0 Å². The van der Waals surface area contributed by atoms with E-state index in [-0.39, 0.29) is 5.97 Å². The Morgan fingerprint density at radius 2 is 2.28 bits per heavy atom. The van der Waals surface area contributed by atoms with Gasteiger partial charge in [-0.3, -0.25) is 4.79 Å². The van der Waals surface area contributed by atoms with Gasteiger partial charge in [-0.15, -0.1) is 0 Å². The molecule has 0 saturated heterocycles. The first-order valence-electron chi connectivity index (χ1n) is 7.02. The summed E-state index contributed by atoms with van der Waals surface area (Å²) in [5.41, 5.74) is 1.58. The molecule has 0 spiro atoms. The predicted octanol–water partition coefficient (Wildman–Crippen LogP) is 4.05. The summed E-state index contributed by atoms with van der Waals surface area (Å²) in [5.74, 6) is 2.18. The summed E-state index contributed by atoms with van der Waals surface area (Å²) < 4.78 is 4.95. The summed E-state index contributed by atoms with van der Waals surface area (Å²) in [7, 11) is 0. The van der Waals surface area contributed by atoms with Crippen molar-refractivity contribution < 1.29 is 9.53 Å². The van der Waals surface area contributed by atoms with Gasteiger partial charge in [-0.25, -0.2) is 0 Å². The van der Waals surface area contributed by atoms with Gasteiger partial charge in [0, 0.05) is 11.0 Å². The molecular weight excluding hydrogens is 244 g/mol. The average molecular weight is 270 g/mol. The Kier molecular flexibility index (Phi) is 6.83. The standard InChI is InChI=1S/C15H26O2S/c1-5-17-15(16)8-9-18-14-10-13(11(2)3)7-6-12(14)4/h10-12,14H,5-9H2,1-4H3. The molecule has 0 radical (unpaired) electrons. The molecule has 3 heteroatoms. The molecule has 0 bridgehead atoms. The number of hydrogen-bond donors (Lipinski definition) is 0. The van der Waals surface area contributed by atoms with Crippen LogP contribution in [-0.4, -0.2) is 23.6 Å². The number of ether oxygens (including phenoxy) is 1. The van der Waals surface area contributed by atoms with E-state index < -0.39 is 0 Å². The summed E-state index contributed by atoms with van der Waals surface area (Å²) in [6.07, 6.45) is 5.50. The van der Waals surface area contributed by atoms with E-state index in [9.17, 15) is 4.79 Å². The maximum absolute atomic E-state index is 11.3. The summed E-state index contributed by atoms with van der Waals surface area (Å²) >= 11 is 1.90. The lowest BCUT2D eigenvalue weighted by molar-refractivity contribution is -0.142. The number of carbonyl (C=O) groups is 1. The molecule has 104 valence electrons. The first-order valence-corrected chi connectivity index (χ1v) is 8.07. The van der Waals surface area contributed by atoms with Crippen LogP contribution in [0.15, 0.2) is 11.6 Å². The maximum atomic E-state index is 11.3. The van der Waals surface area contributed by atoms with Crippen molar-refractivity contribution >= 4 is 17.7 Å². The number of carbonyl (C=O) groups excluding carboxylic acids is 1. The van der Waals surface area contributed by atoms with Crippen LogP contribution < -0.4 is 0 Å². The molecule has 0 aromatic heterocycles. The van der Waals surface area contributed by atoms with Gasteiger partial charge in [-0.2, -0.15) is 11.8 Å². The van der Waals surface area contributed by atoms with Crippen LogP contribution >= 0.6 is 11.8 Å². The normalized spacial score (nSPS) is 23.9. The molecule has 2 unspecified atom stereocenters. The van der Waals surface area contributed by atoms with Crippen molar-refractivity contribution in [1.82, 2.24) is 0 Å². The predicted molar refractivity (Wildman–Crippen MR) is 78.8 cm³/mol. The van der Waals surface area contributed by atoms with Crippen molar-refractivity contribution in [3.63, 3.8) is 0 Å². The number of allylic oxidation sites excluding steroid dienone is 1. The molecule has 0 aliphatic heterocycles. The Balaban J connectivity index is 2.39. The van der Waals surface area contributed by atoms with Crippen LogP contribution in [0.2, 0.25) is 0 Å². The highest BCUT2D eigenvalue weighted by atomic mass is 32.2. The van der Waals surface area contributed by atoms with Gasteiger partial charge >= 0.3 is 5.97 Å². The van der Waals surface area contributed by atoms with E-state index in [2.05, 4.69) is 26.8 Å². The van der Waals surface area contributed by atoms with E-state index in [1.165, 1.54) is 12.8 Å². The average Bonchev–Trinajstić information content (AvgIpc) is 2.31. The highest BCUT2D eigenvalue weighted by Gasteiger charge is 2.22. The Morgan fingerprint density at radius 1 is 1.56 bits per heavy atom. The number of hydrogen-bond acceptors (Lipinski definition) is 3. The van der Waals surface area contributed by atoms with Crippen molar-refractivity contribution in [2.75, 3.05) is 12.4 Å². The van der Waals surface area contributed by atoms with Crippen molar-refractivity contribution in [3.05, 3.63) is 11.6 Å². The smallest absolute Gasteiger partial charge is 0.306 e. The van der Waals surface area contributed by atoms with Crippen LogP contribution in [-0.2, 0) is 9.53 Å². The van der Waals surface area contributed by atoms with Gasteiger partial charge in [-0.1, -0.05) is 32.4 Å². The Labute approximate surface area is 116 Å². The lowest BCUT2D eigenvalue weighted by atomic mass is 9.86. The van der Waals surface area contributed by atoms with Crippen molar-refractivity contribution in [3.8, 4) is 0 Å². The van der Waals surface area contributed by atoms with E-state index in [1.54, 1.807) is 5.57 Å². The van der Waals surface area contributed by atoms with Gasteiger partial charge in [0.1, 0.15) is 0 Å². The zero-order valence-corrected chi connectivity index (χ0v) is 12.9. The first-order chi connectivity index (χ1) is 8.54. The van der Waals surface area contributed by atoms with Gasteiger partial charge < -0.3 is 4.74 Å². The minimum absolute atomic E-state index is 0.0680. The first kappa shape index (κ1) is 15.6. The van der Waals surface area contributed by atoms with Gasteiger partial charge in [-0.05, 0) is 31.6 Å². The van der Waals surface area contributed by atoms with Crippen LogP contribution in [0.5, 0.6) is 0 Å². The fraction of sp³-hybridized carbons (Fsp3) is 0.800. The maximum Gasteiger partial charge on any atom is 0.306 e. The Bertz CT molecular complexity index is 297. The number of rotatable bonds is 6. The highest BCUT2D eigenvalue weighted by molar-refractivity contribution is 8.00. The molecule has 1 aliphatic rings. The van der Waals surface area contributed by atoms with E-state index in [1.807, 2.05) is 18.7 Å². The molecule has 1 aliphatic carbocycles. The third-order valence-corrected chi connectivity index (χ3v) is 4.92. The summed E-state index contributed by atoms with van der Waals surface area (Å²) in [5, 5.41) is 0.575. The summed E-state index contributed by atoms with van der Waals surface area (Å²) in [4.78, 5) is 11.3. The molecule has 0 amide bonds. The van der Waals surface area contributed by atoms with Crippen LogP contribution in [0.1, 0.15) is 47.0 Å². The minimum Gasteiger partial charge on any atom is -0.466 e. The molecule has 0 aromatic rings. The van der Waals surface area contributed by atoms with E-state index in [0.29, 0.717) is 24.2 Å². The number of esters is 1. The highest BCUT2D eigenvalue weighted by Crippen LogP contribution is 2.34. The minimum atomic E-state index is -0.0680. The van der Waals surface area contributed by atoms with E-state index in [4.69, 9.17) is 4.74 Å². The quantitative estimate of drug-likeness (QED) is 0.538. The van der Waals surface area contributed by atoms with Gasteiger partial charge in [0.2, 0.25) is 0 Å². The molecule has 0 saturated carbocycles. The molecule has 2 atom stereocenters. The molecule has 0 fully saturated rings. The molecule has 0 aromatic carbocycles. The van der Waals surface area contributed by atoms with Crippen LogP contribution in [0.4, 0.5) is 0 Å². The number of thioether (sulfide) groups is 1. The Morgan fingerprint density at radius 3 is 2.89 bits per heavy atom. The Hall–Kier alpha value is -0.440. The van der Waals surface area contributed by atoms with Crippen molar-refractivity contribution in [2.45, 2.75) is 52.2 Å². The lowest BCUT2D eigenvalue weighted by Gasteiger charge is -2.28. The van der Waals surface area contributed by atoms with Crippen LogP contribution in [0.3, 0.4) is 0 Å². The second-order valence-corrected chi connectivity index (χ2v) is 6.59. The largest absolute Gasteiger partial charge is 0.466 e. The third kappa shape index (κ3) is 5.05. The molecule has 0 N–H and O–H groups in total. The topological polar surface area (TPSA) is 26.3 Å². The zero-order chi connectivity index (χ0) is 13.5. The monoisotopic (exact) mass is 270 g/mol. The third-order valence-electron chi connectivity index (χ3n) is 3.49. The van der Waals surface area contributed by atoms with Gasteiger partial charge in [0.05, 0.1) is 13.0 Å². The van der Waals surface area contributed by atoms with E-state index in [0.717, 1.165) is 11.7 Å². The van der Waals surface area contributed by atoms with Crippen molar-refractivity contribution in [1.29, 1.82) is 0 Å². The van der Waals surface area contributed by atoms with Crippen molar-refractivity contribution in [2.24, 2.45) is 11.8 Å². The molecule has 18 heavy (non-hydrogen) atoms. The molecular formula is C15H26O2S. The summed E-state index contributed by atoms with van der Waals surface area (Å²) in [6, 6.07) is 0. The second-order valence-electron chi connectivity index (χ2n) is 5.30. The second kappa shape index (κ2) is 7.88. The fourth-order valence-electron chi connectivity index (χ4n) is 2.22. The van der Waals surface area contributed by atoms with Crippen LogP contribution in [0.25, 0.3) is 0 Å². The molecule has 2 nitrogen and oxygen atoms in total. The van der Waals surface area contributed by atoms with Gasteiger partial charge in [0.25, 0.3) is 0 Å². The van der Waals surface area contributed by atoms with Gasteiger partial charge in [0.15, 0.2) is 0 Å². The fourth-order valence-corrected chi connectivity index (χ4v) is 3.51. The SMILES string of the molecule is CCOC(=O)CCSC1C=C(C(C)C)CCC1C. The zero-order valence-electron chi connectivity index (χ0n) is 12.1. The van der Waals surface area contributed by atoms with Crippen LogP contribution in [0, 0.1) is 11.8 Å². The summed E-state index contributed by atoms with van der Waals surface area (Å²) in [6.45, 7) is 9.19. The molecule has 1 rings (SSSR count).